The Bertz CT molecular complexity index is 1220. The van der Waals surface area contributed by atoms with Crippen molar-refractivity contribution >= 4 is 40.8 Å². The molecule has 0 saturated heterocycles. The van der Waals surface area contributed by atoms with Gasteiger partial charge in [-0.15, -0.1) is 0 Å². The van der Waals surface area contributed by atoms with Crippen LogP contribution < -0.4 is 10.6 Å². The van der Waals surface area contributed by atoms with Gasteiger partial charge in [0.25, 0.3) is 0 Å². The summed E-state index contributed by atoms with van der Waals surface area (Å²) >= 11 is 5.66. The lowest BCUT2D eigenvalue weighted by molar-refractivity contribution is -0.137. The predicted octanol–water partition coefficient (Wildman–Crippen LogP) is 5.72. The van der Waals surface area contributed by atoms with Crippen LogP contribution in [0.1, 0.15) is 22.3 Å². The molecule has 0 bridgehead atoms. The number of nitrogens with zero attached hydrogens (tertiary/aromatic N) is 1. The largest absolute Gasteiger partial charge is 0.465 e. The predicted molar refractivity (Wildman–Crippen MR) is 115 cm³/mol. The van der Waals surface area contributed by atoms with Crippen LogP contribution in [0.25, 0.3) is 11.3 Å². The number of carboxylic acid groups (broad SMARTS) is 1. The number of halogens is 4. The molecule has 0 aliphatic rings. The van der Waals surface area contributed by atoms with Crippen LogP contribution in [0.15, 0.2) is 60.8 Å². The molecule has 0 atom stereocenters. The van der Waals surface area contributed by atoms with E-state index in [-0.39, 0.29) is 11.3 Å². The van der Waals surface area contributed by atoms with Crippen LogP contribution >= 0.6 is 11.6 Å². The first kappa shape index (κ1) is 23.7. The highest BCUT2D eigenvalue weighted by atomic mass is 35.5. The van der Waals surface area contributed by atoms with Crippen LogP contribution in [0.2, 0.25) is 5.02 Å². The SMILES string of the molecule is O=C(O)Nc1cc(C(F)(F)F)c(Cl)cc1NC(=O)CC(=O)c1cccc(-c2ccccn2)c1. The zero-order chi connectivity index (χ0) is 24.2. The summed E-state index contributed by atoms with van der Waals surface area (Å²) in [6, 6.07) is 12.9. The number of alkyl halides is 3. The number of ketones is 1. The second kappa shape index (κ2) is 9.70. The number of nitrogens with one attached hydrogen (secondary N) is 2. The number of pyridine rings is 1. The molecule has 0 unspecified atom stereocenters. The zero-order valence-corrected chi connectivity index (χ0v) is 17.4. The lowest BCUT2D eigenvalue weighted by atomic mass is 10.0. The standard InChI is InChI=1S/C22H15ClF3N3O4/c23-15-10-18(17(29-21(32)33)9-14(15)22(24,25)26)28-20(31)11-19(30)13-5-3-4-12(8-13)16-6-1-2-7-27-16/h1-10,29H,11H2,(H,28,31)(H,32,33). The van der Waals surface area contributed by atoms with Gasteiger partial charge in [-0.1, -0.05) is 35.9 Å². The summed E-state index contributed by atoms with van der Waals surface area (Å²) in [5, 5.41) is 12.2. The van der Waals surface area contributed by atoms with E-state index in [2.05, 4.69) is 10.3 Å². The van der Waals surface area contributed by atoms with Crippen molar-refractivity contribution < 1.29 is 32.7 Å². The van der Waals surface area contributed by atoms with Crippen LogP contribution in [-0.4, -0.2) is 27.9 Å². The smallest absolute Gasteiger partial charge is 0.417 e. The van der Waals surface area contributed by atoms with E-state index in [9.17, 15) is 27.6 Å². The van der Waals surface area contributed by atoms with Crippen molar-refractivity contribution in [3.05, 3.63) is 76.9 Å². The Balaban J connectivity index is 1.80. The van der Waals surface area contributed by atoms with Crippen molar-refractivity contribution in [3.8, 4) is 11.3 Å². The van der Waals surface area contributed by atoms with Crippen molar-refractivity contribution in [2.75, 3.05) is 10.6 Å². The van der Waals surface area contributed by atoms with E-state index < -0.39 is 46.7 Å². The fraction of sp³-hybridized carbons (Fsp3) is 0.0909. The molecular formula is C22H15ClF3N3O4. The van der Waals surface area contributed by atoms with Crippen LogP contribution in [0, 0.1) is 0 Å². The number of hydrogen-bond donors (Lipinski definition) is 3. The lowest BCUT2D eigenvalue weighted by Crippen LogP contribution is -2.19. The molecule has 1 heterocycles. The van der Waals surface area contributed by atoms with E-state index in [1.807, 2.05) is 0 Å². The van der Waals surface area contributed by atoms with Crippen LogP contribution in [0.3, 0.4) is 0 Å². The number of hydrogen-bond acceptors (Lipinski definition) is 4. The summed E-state index contributed by atoms with van der Waals surface area (Å²) in [4.78, 5) is 40.1. The molecule has 170 valence electrons. The minimum Gasteiger partial charge on any atom is -0.465 e. The van der Waals surface area contributed by atoms with E-state index in [4.69, 9.17) is 16.7 Å². The quantitative estimate of drug-likeness (QED) is 0.311. The summed E-state index contributed by atoms with van der Waals surface area (Å²) < 4.78 is 39.2. The molecule has 0 spiro atoms. The number of anilines is 2. The Hall–Kier alpha value is -3.92. The maximum atomic E-state index is 13.1. The average molecular weight is 478 g/mol. The van der Waals surface area contributed by atoms with Gasteiger partial charge in [-0.2, -0.15) is 13.2 Å². The van der Waals surface area contributed by atoms with Crippen molar-refractivity contribution in [2.45, 2.75) is 12.6 Å². The second-order valence-electron chi connectivity index (χ2n) is 6.75. The summed E-state index contributed by atoms with van der Waals surface area (Å²) in [5.41, 5.74) is -0.645. The molecule has 0 radical (unpaired) electrons. The Kier molecular flexibility index (Phi) is 6.98. The molecule has 0 aliphatic carbocycles. The van der Waals surface area contributed by atoms with Gasteiger partial charge in [-0.3, -0.25) is 19.9 Å². The molecule has 0 saturated carbocycles. The van der Waals surface area contributed by atoms with Crippen LogP contribution in [0.5, 0.6) is 0 Å². The molecule has 2 amide bonds. The third kappa shape index (κ3) is 6.07. The molecule has 7 nitrogen and oxygen atoms in total. The third-order valence-electron chi connectivity index (χ3n) is 4.39. The minimum atomic E-state index is -4.84. The normalized spacial score (nSPS) is 11.0. The first-order valence-electron chi connectivity index (χ1n) is 9.30. The number of rotatable bonds is 6. The van der Waals surface area contributed by atoms with Gasteiger partial charge in [0.1, 0.15) is 0 Å². The van der Waals surface area contributed by atoms with Gasteiger partial charge >= 0.3 is 12.3 Å². The first-order valence-corrected chi connectivity index (χ1v) is 9.67. The van der Waals surface area contributed by atoms with E-state index >= 15 is 0 Å². The lowest BCUT2D eigenvalue weighted by Gasteiger charge is -2.16. The van der Waals surface area contributed by atoms with E-state index in [0.29, 0.717) is 17.3 Å². The van der Waals surface area contributed by atoms with Gasteiger partial charge in [0.15, 0.2) is 5.78 Å². The van der Waals surface area contributed by atoms with Crippen LogP contribution in [0.4, 0.5) is 29.3 Å². The Morgan fingerprint density at radius 3 is 2.33 bits per heavy atom. The summed E-state index contributed by atoms with van der Waals surface area (Å²) in [5.74, 6) is -1.43. The average Bonchev–Trinajstić information content (AvgIpc) is 2.75. The summed E-state index contributed by atoms with van der Waals surface area (Å²) in [6.45, 7) is 0. The fourth-order valence-corrected chi connectivity index (χ4v) is 3.21. The number of Topliss-reactive ketones (excluding diaryl/α,β-unsaturated/α-hetero) is 1. The van der Waals surface area contributed by atoms with Gasteiger partial charge in [0.2, 0.25) is 5.91 Å². The zero-order valence-electron chi connectivity index (χ0n) is 16.6. The highest BCUT2D eigenvalue weighted by Crippen LogP contribution is 2.39. The van der Waals surface area contributed by atoms with Gasteiger partial charge in [0.05, 0.1) is 34.1 Å². The summed E-state index contributed by atoms with van der Waals surface area (Å²) in [6.07, 6.45) is -5.54. The monoisotopic (exact) mass is 477 g/mol. The maximum Gasteiger partial charge on any atom is 0.417 e. The first-order chi connectivity index (χ1) is 15.5. The minimum absolute atomic E-state index is 0.225. The molecule has 0 aliphatic heterocycles. The molecule has 33 heavy (non-hydrogen) atoms. The van der Waals surface area contributed by atoms with E-state index in [1.165, 1.54) is 6.07 Å². The number of aromatic nitrogens is 1. The van der Waals surface area contributed by atoms with Gasteiger partial charge < -0.3 is 10.4 Å². The van der Waals surface area contributed by atoms with E-state index in [0.717, 1.165) is 6.07 Å². The molecule has 11 heteroatoms. The number of benzene rings is 2. The van der Waals surface area contributed by atoms with Gasteiger partial charge in [0, 0.05) is 17.3 Å². The van der Waals surface area contributed by atoms with Gasteiger partial charge in [-0.25, -0.2) is 4.79 Å². The van der Waals surface area contributed by atoms with Crippen molar-refractivity contribution in [2.24, 2.45) is 0 Å². The Labute approximate surface area is 190 Å². The van der Waals surface area contributed by atoms with Gasteiger partial charge in [-0.05, 0) is 30.3 Å². The van der Waals surface area contributed by atoms with Crippen molar-refractivity contribution in [1.82, 2.24) is 4.98 Å². The van der Waals surface area contributed by atoms with Crippen LogP contribution in [-0.2, 0) is 11.0 Å². The van der Waals surface area contributed by atoms with Crippen molar-refractivity contribution in [1.29, 1.82) is 0 Å². The topological polar surface area (TPSA) is 108 Å². The molecule has 1 aromatic heterocycles. The summed E-state index contributed by atoms with van der Waals surface area (Å²) in [7, 11) is 0. The molecule has 3 N–H and O–H groups in total. The number of carbonyl (C=O) groups is 3. The van der Waals surface area contributed by atoms with E-state index in [1.54, 1.807) is 47.9 Å². The highest BCUT2D eigenvalue weighted by Gasteiger charge is 2.34. The number of amides is 2. The highest BCUT2D eigenvalue weighted by molar-refractivity contribution is 6.32. The maximum absolute atomic E-state index is 13.1. The molecule has 2 aromatic carbocycles. The fourth-order valence-electron chi connectivity index (χ4n) is 2.94. The second-order valence-corrected chi connectivity index (χ2v) is 7.16. The van der Waals surface area contributed by atoms with Crippen molar-refractivity contribution in [3.63, 3.8) is 0 Å². The Morgan fingerprint density at radius 1 is 0.970 bits per heavy atom. The third-order valence-corrected chi connectivity index (χ3v) is 4.71. The molecule has 3 aromatic rings. The molecule has 3 rings (SSSR count). The Morgan fingerprint density at radius 2 is 1.70 bits per heavy atom. The molecule has 0 fully saturated rings. The number of carbonyl (C=O) groups excluding carboxylic acids is 2. The molecular weight excluding hydrogens is 463 g/mol.